The van der Waals surface area contributed by atoms with Crippen LogP contribution >= 0.6 is 0 Å². The van der Waals surface area contributed by atoms with Crippen molar-refractivity contribution in [2.24, 2.45) is 0 Å². The molecule has 0 bridgehead atoms. The van der Waals surface area contributed by atoms with Crippen molar-refractivity contribution >= 4 is 0 Å². The van der Waals surface area contributed by atoms with Crippen molar-refractivity contribution in [3.8, 4) is 0 Å². The van der Waals surface area contributed by atoms with E-state index in [1.54, 1.807) is 0 Å². The molecule has 1 heterocycles. The Labute approximate surface area is 110 Å². The summed E-state index contributed by atoms with van der Waals surface area (Å²) in [5.41, 5.74) is 2.78. The van der Waals surface area contributed by atoms with Gasteiger partial charge in [0.2, 0.25) is 0 Å². The van der Waals surface area contributed by atoms with Crippen LogP contribution in [0.15, 0.2) is 18.2 Å². The summed E-state index contributed by atoms with van der Waals surface area (Å²) in [4.78, 5) is 0. The molecular weight excluding hydrogens is 224 g/mol. The van der Waals surface area contributed by atoms with Crippen molar-refractivity contribution in [2.75, 3.05) is 6.61 Å². The van der Waals surface area contributed by atoms with E-state index >= 15 is 0 Å². The number of benzene rings is 1. The summed E-state index contributed by atoms with van der Waals surface area (Å²) in [6, 6.07) is 6.23. The summed E-state index contributed by atoms with van der Waals surface area (Å²) >= 11 is 0. The Morgan fingerprint density at radius 2 is 2.11 bits per heavy atom. The van der Waals surface area contributed by atoms with Gasteiger partial charge in [0.25, 0.3) is 0 Å². The molecule has 18 heavy (non-hydrogen) atoms. The van der Waals surface area contributed by atoms with Crippen molar-refractivity contribution in [1.29, 1.82) is 0 Å². The maximum Gasteiger partial charge on any atom is 0.0869 e. The first kappa shape index (κ1) is 13.6. The quantitative estimate of drug-likeness (QED) is 0.884. The maximum absolute atomic E-state index is 10.6. The fourth-order valence-electron chi connectivity index (χ4n) is 2.53. The van der Waals surface area contributed by atoms with Crippen LogP contribution in [0, 0.1) is 13.8 Å². The summed E-state index contributed by atoms with van der Waals surface area (Å²) in [5.74, 6) is 0. The standard InChI is InChI=1S/C16H24O2/c1-12-6-7-14(11-13(12)2)16(3,17)9-8-15-5-4-10-18-15/h6-7,11,15,17H,4-5,8-10H2,1-3H3. The predicted molar refractivity (Wildman–Crippen MR) is 73.7 cm³/mol. The fraction of sp³-hybridized carbons (Fsp3) is 0.625. The number of hydrogen-bond donors (Lipinski definition) is 1. The average Bonchev–Trinajstić information content (AvgIpc) is 2.83. The summed E-state index contributed by atoms with van der Waals surface area (Å²) in [7, 11) is 0. The lowest BCUT2D eigenvalue weighted by Gasteiger charge is -2.26. The molecule has 2 heteroatoms. The van der Waals surface area contributed by atoms with Gasteiger partial charge in [-0.1, -0.05) is 18.2 Å². The molecule has 0 aromatic heterocycles. The zero-order valence-electron chi connectivity index (χ0n) is 11.7. The van der Waals surface area contributed by atoms with E-state index in [9.17, 15) is 5.11 Å². The Morgan fingerprint density at radius 3 is 2.72 bits per heavy atom. The first-order valence-electron chi connectivity index (χ1n) is 6.91. The molecule has 0 amide bonds. The molecule has 2 unspecified atom stereocenters. The fourth-order valence-corrected chi connectivity index (χ4v) is 2.53. The Kier molecular flexibility index (Phi) is 4.08. The molecular formula is C16H24O2. The molecule has 1 aromatic carbocycles. The SMILES string of the molecule is Cc1ccc(C(C)(O)CCC2CCCO2)cc1C. The van der Waals surface area contributed by atoms with Crippen LogP contribution in [0.5, 0.6) is 0 Å². The Morgan fingerprint density at radius 1 is 1.33 bits per heavy atom. The highest BCUT2D eigenvalue weighted by Gasteiger charge is 2.26. The number of rotatable bonds is 4. The lowest BCUT2D eigenvalue weighted by molar-refractivity contribution is 0.0220. The van der Waals surface area contributed by atoms with Gasteiger partial charge in [0, 0.05) is 6.61 Å². The van der Waals surface area contributed by atoms with E-state index in [1.165, 1.54) is 11.1 Å². The van der Waals surface area contributed by atoms with Gasteiger partial charge in [-0.2, -0.15) is 0 Å². The van der Waals surface area contributed by atoms with E-state index in [2.05, 4.69) is 26.0 Å². The monoisotopic (exact) mass is 248 g/mol. The first-order chi connectivity index (χ1) is 8.49. The summed E-state index contributed by atoms with van der Waals surface area (Å²) < 4.78 is 5.62. The zero-order valence-corrected chi connectivity index (χ0v) is 11.7. The molecule has 1 saturated heterocycles. The van der Waals surface area contributed by atoms with Gasteiger partial charge in [-0.05, 0) is 63.1 Å². The molecule has 0 radical (unpaired) electrons. The van der Waals surface area contributed by atoms with E-state index in [-0.39, 0.29) is 0 Å². The third-order valence-electron chi connectivity index (χ3n) is 4.11. The van der Waals surface area contributed by atoms with Gasteiger partial charge in [0.15, 0.2) is 0 Å². The molecule has 1 aromatic rings. The summed E-state index contributed by atoms with van der Waals surface area (Å²) in [6.07, 6.45) is 4.36. The van der Waals surface area contributed by atoms with Crippen LogP contribution in [0.1, 0.15) is 49.3 Å². The minimum Gasteiger partial charge on any atom is -0.385 e. The largest absolute Gasteiger partial charge is 0.385 e. The molecule has 0 aliphatic carbocycles. The molecule has 1 N–H and O–H groups in total. The van der Waals surface area contributed by atoms with Gasteiger partial charge in [0.1, 0.15) is 0 Å². The minimum absolute atomic E-state index is 0.350. The van der Waals surface area contributed by atoms with E-state index in [0.29, 0.717) is 6.10 Å². The molecule has 2 atom stereocenters. The van der Waals surface area contributed by atoms with Gasteiger partial charge in [0.05, 0.1) is 11.7 Å². The Hall–Kier alpha value is -0.860. The van der Waals surface area contributed by atoms with E-state index < -0.39 is 5.60 Å². The van der Waals surface area contributed by atoms with Crippen molar-refractivity contribution in [3.63, 3.8) is 0 Å². The van der Waals surface area contributed by atoms with Gasteiger partial charge in [-0.15, -0.1) is 0 Å². The highest BCUT2D eigenvalue weighted by Crippen LogP contribution is 2.30. The van der Waals surface area contributed by atoms with E-state index in [0.717, 1.165) is 37.9 Å². The number of hydrogen-bond acceptors (Lipinski definition) is 2. The molecule has 1 fully saturated rings. The second kappa shape index (κ2) is 5.41. The third-order valence-corrected chi connectivity index (χ3v) is 4.11. The molecule has 2 rings (SSSR count). The van der Waals surface area contributed by atoms with Gasteiger partial charge >= 0.3 is 0 Å². The predicted octanol–water partition coefficient (Wildman–Crippen LogP) is 3.47. The lowest BCUT2D eigenvalue weighted by atomic mass is 9.88. The van der Waals surface area contributed by atoms with Crippen LogP contribution in [0.25, 0.3) is 0 Å². The van der Waals surface area contributed by atoms with Crippen LogP contribution < -0.4 is 0 Å². The average molecular weight is 248 g/mol. The Bertz CT molecular complexity index is 404. The number of ether oxygens (including phenoxy) is 1. The molecule has 2 nitrogen and oxygen atoms in total. The summed E-state index contributed by atoms with van der Waals surface area (Å²) in [5, 5.41) is 10.6. The second-order valence-electron chi connectivity index (χ2n) is 5.75. The smallest absolute Gasteiger partial charge is 0.0869 e. The maximum atomic E-state index is 10.6. The number of aliphatic hydroxyl groups is 1. The second-order valence-corrected chi connectivity index (χ2v) is 5.75. The van der Waals surface area contributed by atoms with Crippen molar-refractivity contribution in [1.82, 2.24) is 0 Å². The number of aryl methyl sites for hydroxylation is 2. The molecule has 1 aliphatic rings. The molecule has 1 aliphatic heterocycles. The first-order valence-corrected chi connectivity index (χ1v) is 6.91. The summed E-state index contributed by atoms with van der Waals surface area (Å²) in [6.45, 7) is 6.98. The van der Waals surface area contributed by atoms with Crippen molar-refractivity contribution in [2.45, 2.75) is 58.2 Å². The highest BCUT2D eigenvalue weighted by atomic mass is 16.5. The topological polar surface area (TPSA) is 29.5 Å². The minimum atomic E-state index is -0.746. The molecule has 100 valence electrons. The third kappa shape index (κ3) is 3.12. The normalized spacial score (nSPS) is 23.0. The highest BCUT2D eigenvalue weighted by molar-refractivity contribution is 5.32. The van der Waals surface area contributed by atoms with E-state index in [4.69, 9.17) is 4.74 Å². The van der Waals surface area contributed by atoms with Crippen LogP contribution in [-0.4, -0.2) is 17.8 Å². The van der Waals surface area contributed by atoms with Crippen molar-refractivity contribution in [3.05, 3.63) is 34.9 Å². The Balaban J connectivity index is 2.01. The van der Waals surface area contributed by atoms with Crippen LogP contribution in [0.4, 0.5) is 0 Å². The van der Waals surface area contributed by atoms with Crippen LogP contribution in [0.3, 0.4) is 0 Å². The molecule has 0 spiro atoms. The van der Waals surface area contributed by atoms with Gasteiger partial charge < -0.3 is 9.84 Å². The van der Waals surface area contributed by atoms with Crippen molar-refractivity contribution < 1.29 is 9.84 Å². The zero-order chi connectivity index (χ0) is 13.2. The van der Waals surface area contributed by atoms with Gasteiger partial charge in [-0.25, -0.2) is 0 Å². The lowest BCUT2D eigenvalue weighted by Crippen LogP contribution is -2.23. The molecule has 0 saturated carbocycles. The van der Waals surface area contributed by atoms with Crippen LogP contribution in [0.2, 0.25) is 0 Å². The van der Waals surface area contributed by atoms with E-state index in [1.807, 2.05) is 13.0 Å². The van der Waals surface area contributed by atoms with Crippen LogP contribution in [-0.2, 0) is 10.3 Å². The van der Waals surface area contributed by atoms with Gasteiger partial charge in [-0.3, -0.25) is 0 Å².